The van der Waals surface area contributed by atoms with Gasteiger partial charge >= 0.3 is 0 Å². The average molecular weight is 354 g/mol. The number of carbonyl (C=O) groups excluding carboxylic acids is 1. The van der Waals surface area contributed by atoms with Crippen molar-refractivity contribution in [2.75, 3.05) is 19.6 Å². The Bertz CT molecular complexity index is 744. The molecule has 0 aliphatic carbocycles. The Morgan fingerprint density at radius 2 is 2.12 bits per heavy atom. The Morgan fingerprint density at radius 1 is 1.19 bits per heavy atom. The third-order valence-corrected chi connectivity index (χ3v) is 5.64. The summed E-state index contributed by atoms with van der Waals surface area (Å²) in [7, 11) is 0. The number of nitrogens with zero attached hydrogens (tertiary/aromatic N) is 4. The molecule has 1 amide bonds. The van der Waals surface area contributed by atoms with E-state index in [0.717, 1.165) is 49.7 Å². The minimum atomic E-state index is 0.191. The van der Waals surface area contributed by atoms with Crippen molar-refractivity contribution in [3.63, 3.8) is 0 Å². The summed E-state index contributed by atoms with van der Waals surface area (Å²) in [5.41, 5.74) is 1.96. The Labute approximate surface area is 154 Å². The number of amides is 1. The van der Waals surface area contributed by atoms with Crippen LogP contribution >= 0.6 is 0 Å². The summed E-state index contributed by atoms with van der Waals surface area (Å²) in [6.07, 6.45) is 9.26. The standard InChI is InChI=1S/C20H26N4O2/c1-16-10-22-17(11-21-16)12-24-15-20(7-5-19(24)25)6-3-8-23(14-20)13-18-4-2-9-26-18/h2,4,9-11H,3,5-8,12-15H2,1H3/t20-/m1/s1. The van der Waals surface area contributed by atoms with Crippen LogP contribution in [0, 0.1) is 12.3 Å². The number of piperidine rings is 2. The van der Waals surface area contributed by atoms with Crippen molar-refractivity contribution < 1.29 is 9.21 Å². The third-order valence-electron chi connectivity index (χ3n) is 5.64. The molecular formula is C20H26N4O2. The van der Waals surface area contributed by atoms with Crippen LogP contribution in [0.5, 0.6) is 0 Å². The minimum absolute atomic E-state index is 0.191. The smallest absolute Gasteiger partial charge is 0.222 e. The maximum absolute atomic E-state index is 12.5. The zero-order valence-corrected chi connectivity index (χ0v) is 15.4. The van der Waals surface area contributed by atoms with Crippen LogP contribution in [0.25, 0.3) is 0 Å². The van der Waals surface area contributed by atoms with Crippen molar-refractivity contribution in [3.05, 3.63) is 47.9 Å². The van der Waals surface area contributed by atoms with Crippen molar-refractivity contribution in [2.45, 2.75) is 45.7 Å². The monoisotopic (exact) mass is 354 g/mol. The molecule has 26 heavy (non-hydrogen) atoms. The SMILES string of the molecule is Cc1cnc(CN2C[C@]3(CCCN(Cc4ccco4)C3)CCC2=O)cn1. The van der Waals surface area contributed by atoms with Crippen LogP contribution in [0.1, 0.15) is 42.8 Å². The fourth-order valence-corrected chi connectivity index (χ4v) is 4.34. The third kappa shape index (κ3) is 3.80. The van der Waals surface area contributed by atoms with E-state index >= 15 is 0 Å². The van der Waals surface area contributed by atoms with Gasteiger partial charge in [0.05, 0.1) is 36.9 Å². The van der Waals surface area contributed by atoms with E-state index < -0.39 is 0 Å². The molecule has 2 aliphatic heterocycles. The number of hydrogen-bond acceptors (Lipinski definition) is 5. The van der Waals surface area contributed by atoms with Gasteiger partial charge in [-0.1, -0.05) is 0 Å². The number of rotatable bonds is 4. The van der Waals surface area contributed by atoms with Crippen LogP contribution in [-0.2, 0) is 17.9 Å². The molecule has 0 N–H and O–H groups in total. The highest BCUT2D eigenvalue weighted by Gasteiger charge is 2.41. The predicted octanol–water partition coefficient (Wildman–Crippen LogP) is 2.78. The molecule has 6 heteroatoms. The lowest BCUT2D eigenvalue weighted by molar-refractivity contribution is -0.140. The number of aromatic nitrogens is 2. The van der Waals surface area contributed by atoms with Crippen molar-refractivity contribution in [1.82, 2.24) is 19.8 Å². The van der Waals surface area contributed by atoms with Gasteiger partial charge in [-0.15, -0.1) is 0 Å². The predicted molar refractivity (Wildman–Crippen MR) is 97.1 cm³/mol. The van der Waals surface area contributed by atoms with E-state index in [1.54, 1.807) is 18.7 Å². The zero-order chi connectivity index (χ0) is 18.0. The summed E-state index contributed by atoms with van der Waals surface area (Å²) in [4.78, 5) is 25.7. The lowest BCUT2D eigenvalue weighted by Gasteiger charge is -2.48. The molecule has 0 unspecified atom stereocenters. The van der Waals surface area contributed by atoms with Gasteiger partial charge in [-0.05, 0) is 44.9 Å². The quantitative estimate of drug-likeness (QED) is 0.845. The summed E-state index contributed by atoms with van der Waals surface area (Å²) in [5, 5.41) is 0. The number of carbonyl (C=O) groups is 1. The van der Waals surface area contributed by atoms with E-state index in [1.165, 1.54) is 12.8 Å². The first-order valence-corrected chi connectivity index (χ1v) is 9.42. The van der Waals surface area contributed by atoms with Gasteiger partial charge in [-0.25, -0.2) is 0 Å². The molecule has 2 aromatic rings. The first kappa shape index (κ1) is 17.2. The van der Waals surface area contributed by atoms with Gasteiger partial charge in [0.1, 0.15) is 5.76 Å². The van der Waals surface area contributed by atoms with Crippen LogP contribution in [0.4, 0.5) is 0 Å². The van der Waals surface area contributed by atoms with Gasteiger partial charge in [0.15, 0.2) is 0 Å². The van der Waals surface area contributed by atoms with E-state index in [0.29, 0.717) is 13.0 Å². The number of hydrogen-bond donors (Lipinski definition) is 0. The molecule has 6 nitrogen and oxygen atoms in total. The number of likely N-dealkylation sites (tertiary alicyclic amines) is 2. The molecule has 1 spiro atoms. The van der Waals surface area contributed by atoms with E-state index in [9.17, 15) is 4.79 Å². The second-order valence-corrected chi connectivity index (χ2v) is 7.79. The van der Waals surface area contributed by atoms with Gasteiger partial charge in [-0.3, -0.25) is 19.7 Å². The molecule has 2 aliphatic rings. The molecule has 0 aromatic carbocycles. The largest absolute Gasteiger partial charge is 0.468 e. The molecular weight excluding hydrogens is 328 g/mol. The second-order valence-electron chi connectivity index (χ2n) is 7.79. The van der Waals surface area contributed by atoms with Crippen LogP contribution in [0.3, 0.4) is 0 Å². The minimum Gasteiger partial charge on any atom is -0.468 e. The molecule has 0 bridgehead atoms. The van der Waals surface area contributed by atoms with Crippen molar-refractivity contribution in [3.8, 4) is 0 Å². The van der Waals surface area contributed by atoms with Crippen LogP contribution in [0.15, 0.2) is 35.2 Å². The molecule has 2 aromatic heterocycles. The topological polar surface area (TPSA) is 62.5 Å². The molecule has 1 atom stereocenters. The van der Waals surface area contributed by atoms with E-state index in [2.05, 4.69) is 14.9 Å². The maximum Gasteiger partial charge on any atom is 0.222 e. The highest BCUT2D eigenvalue weighted by molar-refractivity contribution is 5.77. The van der Waals surface area contributed by atoms with Crippen LogP contribution in [0.2, 0.25) is 0 Å². The highest BCUT2D eigenvalue weighted by Crippen LogP contribution is 2.39. The molecule has 0 saturated carbocycles. The molecule has 4 rings (SSSR count). The van der Waals surface area contributed by atoms with Gasteiger partial charge in [-0.2, -0.15) is 0 Å². The highest BCUT2D eigenvalue weighted by atomic mass is 16.3. The first-order chi connectivity index (χ1) is 12.6. The Hall–Kier alpha value is -2.21. The Kier molecular flexibility index (Phi) is 4.76. The van der Waals surface area contributed by atoms with Crippen LogP contribution in [-0.4, -0.2) is 45.3 Å². The molecule has 4 heterocycles. The maximum atomic E-state index is 12.5. The zero-order valence-electron chi connectivity index (χ0n) is 15.4. The Balaban J connectivity index is 1.44. The summed E-state index contributed by atoms with van der Waals surface area (Å²) in [5.74, 6) is 1.25. The lowest BCUT2D eigenvalue weighted by Crippen LogP contribution is -2.53. The van der Waals surface area contributed by atoms with Gasteiger partial charge in [0, 0.05) is 31.1 Å². The molecule has 2 saturated heterocycles. The van der Waals surface area contributed by atoms with Gasteiger partial charge in [0.2, 0.25) is 5.91 Å². The number of aryl methyl sites for hydroxylation is 1. The van der Waals surface area contributed by atoms with E-state index in [1.807, 2.05) is 24.0 Å². The summed E-state index contributed by atoms with van der Waals surface area (Å²) in [6, 6.07) is 3.98. The Morgan fingerprint density at radius 3 is 2.88 bits per heavy atom. The van der Waals surface area contributed by atoms with E-state index in [4.69, 9.17) is 4.42 Å². The van der Waals surface area contributed by atoms with Crippen LogP contribution < -0.4 is 0 Å². The van der Waals surface area contributed by atoms with Crippen molar-refractivity contribution in [1.29, 1.82) is 0 Å². The van der Waals surface area contributed by atoms with Crippen molar-refractivity contribution in [2.24, 2.45) is 5.41 Å². The number of furan rings is 1. The van der Waals surface area contributed by atoms with Gasteiger partial charge < -0.3 is 9.32 Å². The molecule has 2 fully saturated rings. The average Bonchev–Trinajstić information content (AvgIpc) is 3.14. The summed E-state index contributed by atoms with van der Waals surface area (Å²) >= 11 is 0. The lowest BCUT2D eigenvalue weighted by atomic mass is 9.73. The van der Waals surface area contributed by atoms with Crippen molar-refractivity contribution >= 4 is 5.91 Å². The van der Waals surface area contributed by atoms with Gasteiger partial charge in [0.25, 0.3) is 0 Å². The fraction of sp³-hybridized carbons (Fsp3) is 0.550. The first-order valence-electron chi connectivity index (χ1n) is 9.42. The molecule has 0 radical (unpaired) electrons. The van der Waals surface area contributed by atoms with E-state index in [-0.39, 0.29) is 11.3 Å². The fourth-order valence-electron chi connectivity index (χ4n) is 4.34. The summed E-state index contributed by atoms with van der Waals surface area (Å²) < 4.78 is 5.52. The summed E-state index contributed by atoms with van der Waals surface area (Å²) in [6.45, 7) is 6.28. The molecule has 138 valence electrons. The normalized spacial score (nSPS) is 24.3. The second kappa shape index (κ2) is 7.19.